The molecule has 316 valence electrons. The molecule has 5 aliphatic rings. The van der Waals surface area contributed by atoms with Crippen LogP contribution >= 0.6 is 0 Å². The number of halogens is 2. The standard InChI is InChI=1S/C44H50F2N8O6/c1-44(2,60)33-21-36-25(18-37(33)47-41(57)32-4-3-13-53(43(32)59)28-7-8-28)24-54(49-36)29-9-5-27(6-10-29)50-14-16-51(17-15-50)42(58)26-22-52(23-26)30-19-34(45)39(35(46)20-30)31-11-12-38(55)48-40(31)56/h3-4,13,18-21,24,26-29,31,60H,5-12,14-17,22-23H2,1-2H3,(H,47,57)(H,48,55,56)/t27?,29?,31-/m1/s1. The molecular formula is C44H50F2N8O6. The van der Waals surface area contributed by atoms with Gasteiger partial charge in [-0.25, -0.2) is 8.78 Å². The number of amides is 4. The SMILES string of the molecule is CC(C)(O)c1cc2nn(C3CCC(N4CCN(C(=O)C5CN(c6cc(F)c([C@H]7CCC(=O)NC7=O)c(F)c6)C5)CC4)CC3)cc2cc1NC(=O)c1cccn(C2CC2)c1=O. The van der Waals surface area contributed by atoms with E-state index in [0.29, 0.717) is 54.7 Å². The molecule has 14 nitrogen and oxygen atoms in total. The number of fused-ring (bicyclic) bond motifs is 1. The van der Waals surface area contributed by atoms with E-state index in [4.69, 9.17) is 5.10 Å². The highest BCUT2D eigenvalue weighted by molar-refractivity contribution is 6.05. The minimum absolute atomic E-state index is 0.0226. The van der Waals surface area contributed by atoms with Crippen LogP contribution in [-0.4, -0.2) is 98.2 Å². The van der Waals surface area contributed by atoms with Crippen LogP contribution in [0.15, 0.2) is 53.6 Å². The van der Waals surface area contributed by atoms with Gasteiger partial charge in [0.05, 0.1) is 29.0 Å². The Morgan fingerprint density at radius 3 is 2.20 bits per heavy atom. The molecule has 2 saturated carbocycles. The van der Waals surface area contributed by atoms with Crippen LogP contribution in [0, 0.1) is 17.6 Å². The van der Waals surface area contributed by atoms with E-state index < -0.39 is 40.9 Å². The predicted molar refractivity (Wildman–Crippen MR) is 219 cm³/mol. The maximum atomic E-state index is 15.1. The monoisotopic (exact) mass is 824 g/mol. The van der Waals surface area contributed by atoms with Crippen LogP contribution in [0.25, 0.3) is 10.9 Å². The molecule has 0 spiro atoms. The molecule has 9 rings (SSSR count). The fourth-order valence-electron chi connectivity index (χ4n) is 9.55. The molecule has 2 aromatic heterocycles. The minimum Gasteiger partial charge on any atom is -0.386 e. The first-order chi connectivity index (χ1) is 28.7. The number of piperazine rings is 1. The van der Waals surface area contributed by atoms with E-state index in [0.717, 1.165) is 57.0 Å². The lowest BCUT2D eigenvalue weighted by molar-refractivity contribution is -0.138. The van der Waals surface area contributed by atoms with Crippen LogP contribution in [0.2, 0.25) is 0 Å². The molecule has 3 aliphatic heterocycles. The quantitative estimate of drug-likeness (QED) is 0.205. The zero-order valence-corrected chi connectivity index (χ0v) is 33.8. The number of pyridine rings is 1. The number of piperidine rings is 1. The van der Waals surface area contributed by atoms with Gasteiger partial charge in [-0.15, -0.1) is 0 Å². The Kier molecular flexibility index (Phi) is 10.3. The Bertz CT molecular complexity index is 2410. The molecule has 0 bridgehead atoms. The summed E-state index contributed by atoms with van der Waals surface area (Å²) >= 11 is 0. The summed E-state index contributed by atoms with van der Waals surface area (Å²) in [4.78, 5) is 69.8. The third kappa shape index (κ3) is 7.70. The van der Waals surface area contributed by atoms with Crippen molar-refractivity contribution in [1.82, 2.24) is 29.5 Å². The number of imide groups is 1. The van der Waals surface area contributed by atoms with Gasteiger partial charge in [-0.2, -0.15) is 5.10 Å². The number of carbonyl (C=O) groups is 4. The average Bonchev–Trinajstić information content (AvgIpc) is 3.95. The molecule has 4 aromatic rings. The fraction of sp³-hybridized carbons (Fsp3) is 0.500. The van der Waals surface area contributed by atoms with Crippen molar-refractivity contribution in [3.63, 3.8) is 0 Å². The molecule has 4 amide bonds. The second-order valence-corrected chi connectivity index (χ2v) is 17.7. The van der Waals surface area contributed by atoms with Crippen LogP contribution in [0.4, 0.5) is 20.2 Å². The Hall–Kier alpha value is -5.48. The van der Waals surface area contributed by atoms with Gasteiger partial charge < -0.3 is 24.8 Å². The van der Waals surface area contributed by atoms with Gasteiger partial charge in [-0.05, 0) is 95.2 Å². The van der Waals surface area contributed by atoms with E-state index in [1.165, 1.54) is 18.2 Å². The van der Waals surface area contributed by atoms with Crippen molar-refractivity contribution >= 4 is 45.9 Å². The molecule has 5 fully saturated rings. The lowest BCUT2D eigenvalue weighted by Gasteiger charge is -2.45. The summed E-state index contributed by atoms with van der Waals surface area (Å²) in [6, 6.07) is 10.0. The van der Waals surface area contributed by atoms with Crippen LogP contribution < -0.4 is 21.1 Å². The van der Waals surface area contributed by atoms with Crippen LogP contribution in [-0.2, 0) is 20.0 Å². The lowest BCUT2D eigenvalue weighted by Crippen LogP contribution is -2.59. The molecule has 0 radical (unpaired) electrons. The second-order valence-electron chi connectivity index (χ2n) is 17.7. The fourth-order valence-corrected chi connectivity index (χ4v) is 9.55. The van der Waals surface area contributed by atoms with Gasteiger partial charge in [0.2, 0.25) is 17.7 Å². The Labute approximate surface area is 345 Å². The molecule has 60 heavy (non-hydrogen) atoms. The number of nitrogens with one attached hydrogen (secondary N) is 2. The summed E-state index contributed by atoms with van der Waals surface area (Å²) < 4.78 is 33.8. The van der Waals surface area contributed by atoms with Gasteiger partial charge in [-0.1, -0.05) is 0 Å². The van der Waals surface area contributed by atoms with Gasteiger partial charge in [0.1, 0.15) is 17.2 Å². The second kappa shape index (κ2) is 15.5. The van der Waals surface area contributed by atoms with Crippen molar-refractivity contribution in [1.29, 1.82) is 0 Å². The summed E-state index contributed by atoms with van der Waals surface area (Å²) in [5.74, 6) is -4.61. The molecule has 1 atom stereocenters. The molecule has 16 heteroatoms. The first-order valence-electron chi connectivity index (χ1n) is 21.1. The smallest absolute Gasteiger partial charge is 0.263 e. The number of rotatable bonds is 9. The molecule has 2 aliphatic carbocycles. The summed E-state index contributed by atoms with van der Waals surface area (Å²) in [7, 11) is 0. The number of hydrogen-bond acceptors (Lipinski definition) is 9. The van der Waals surface area contributed by atoms with Crippen molar-refractivity contribution in [3.05, 3.63) is 87.5 Å². The topological polar surface area (TPSA) is 162 Å². The summed E-state index contributed by atoms with van der Waals surface area (Å²) in [6.45, 7) is 6.80. The zero-order valence-electron chi connectivity index (χ0n) is 33.8. The first kappa shape index (κ1) is 40.0. The number of hydrogen-bond donors (Lipinski definition) is 3. The number of nitrogens with zero attached hydrogens (tertiary/aromatic N) is 6. The van der Waals surface area contributed by atoms with Crippen molar-refractivity contribution in [2.75, 3.05) is 49.5 Å². The third-order valence-electron chi connectivity index (χ3n) is 13.2. The van der Waals surface area contributed by atoms with Gasteiger partial charge in [0.25, 0.3) is 11.5 Å². The highest BCUT2D eigenvalue weighted by atomic mass is 19.1. The molecule has 3 N–H and O–H groups in total. The van der Waals surface area contributed by atoms with Gasteiger partial charge in [0, 0.05) is 98.1 Å². The first-order valence-corrected chi connectivity index (χ1v) is 21.1. The van der Waals surface area contributed by atoms with Crippen molar-refractivity contribution in [3.8, 4) is 0 Å². The highest BCUT2D eigenvalue weighted by Crippen LogP contribution is 2.38. The summed E-state index contributed by atoms with van der Waals surface area (Å²) in [5, 5.41) is 21.9. The minimum atomic E-state index is -1.28. The molecular weight excluding hydrogens is 775 g/mol. The Morgan fingerprint density at radius 1 is 0.883 bits per heavy atom. The maximum Gasteiger partial charge on any atom is 0.263 e. The van der Waals surface area contributed by atoms with E-state index in [-0.39, 0.29) is 53.4 Å². The van der Waals surface area contributed by atoms with Gasteiger partial charge >= 0.3 is 0 Å². The van der Waals surface area contributed by atoms with Crippen molar-refractivity contribution in [2.24, 2.45) is 5.92 Å². The summed E-state index contributed by atoms with van der Waals surface area (Å²) in [5.41, 5.74) is 0.0942. The van der Waals surface area contributed by atoms with Crippen molar-refractivity contribution < 1.29 is 33.1 Å². The van der Waals surface area contributed by atoms with Crippen LogP contribution in [0.1, 0.15) is 105 Å². The third-order valence-corrected chi connectivity index (χ3v) is 13.2. The largest absolute Gasteiger partial charge is 0.386 e. The predicted octanol–water partition coefficient (Wildman–Crippen LogP) is 4.58. The Morgan fingerprint density at radius 2 is 1.55 bits per heavy atom. The van der Waals surface area contributed by atoms with Gasteiger partial charge in [-0.3, -0.25) is 38.9 Å². The van der Waals surface area contributed by atoms with E-state index in [1.54, 1.807) is 35.6 Å². The summed E-state index contributed by atoms with van der Waals surface area (Å²) in [6.07, 6.45) is 9.44. The molecule has 0 unspecified atom stereocenters. The highest BCUT2D eigenvalue weighted by Gasteiger charge is 2.39. The molecule has 5 heterocycles. The molecule has 2 aromatic carbocycles. The maximum absolute atomic E-state index is 15.1. The zero-order chi connectivity index (χ0) is 42.0. The number of benzene rings is 2. The number of anilines is 2. The lowest BCUT2D eigenvalue weighted by atomic mass is 9.89. The van der Waals surface area contributed by atoms with Gasteiger partial charge in [0.15, 0.2) is 0 Å². The van der Waals surface area contributed by atoms with E-state index >= 15 is 8.78 Å². The van der Waals surface area contributed by atoms with Crippen molar-refractivity contribution in [2.45, 2.75) is 94.9 Å². The average molecular weight is 825 g/mol. The van der Waals surface area contributed by atoms with E-state index in [1.807, 2.05) is 27.9 Å². The Balaban J connectivity index is 0.775. The number of carbonyl (C=O) groups excluding carboxylic acids is 4. The number of aromatic nitrogens is 3. The normalized spacial score (nSPS) is 23.1. The number of aliphatic hydroxyl groups is 1. The van der Waals surface area contributed by atoms with E-state index in [9.17, 15) is 29.1 Å². The van der Waals surface area contributed by atoms with Crippen LogP contribution in [0.3, 0.4) is 0 Å². The van der Waals surface area contributed by atoms with Crippen LogP contribution in [0.5, 0.6) is 0 Å². The van der Waals surface area contributed by atoms with E-state index in [2.05, 4.69) is 15.5 Å². The molecule has 3 saturated heterocycles.